The molecule has 0 amide bonds. The van der Waals surface area contributed by atoms with E-state index < -0.39 is 5.60 Å². The number of aliphatic hydroxyl groups is 1. The zero-order valence-electron chi connectivity index (χ0n) is 20.9. The quantitative estimate of drug-likeness (QED) is 0.326. The van der Waals surface area contributed by atoms with Crippen molar-refractivity contribution in [1.29, 1.82) is 0 Å². The number of benzene rings is 3. The molecular weight excluding hydrogens is 498 g/mol. The molecule has 5 aromatic rings. The number of imidazole rings is 1. The molecular formula is C31H26ClN3O3. The molecule has 6 bridgehead atoms. The van der Waals surface area contributed by atoms with Crippen molar-refractivity contribution in [3.63, 3.8) is 0 Å². The van der Waals surface area contributed by atoms with Gasteiger partial charge in [-0.15, -0.1) is 0 Å². The molecule has 7 rings (SSSR count). The van der Waals surface area contributed by atoms with Crippen molar-refractivity contribution in [2.24, 2.45) is 7.05 Å². The molecule has 3 heterocycles. The Morgan fingerprint density at radius 2 is 1.87 bits per heavy atom. The van der Waals surface area contributed by atoms with E-state index in [1.807, 2.05) is 58.6 Å². The van der Waals surface area contributed by atoms with E-state index >= 15 is 0 Å². The molecule has 1 aliphatic heterocycles. The second-order valence-corrected chi connectivity index (χ2v) is 10.7. The molecule has 2 aromatic heterocycles. The predicted molar refractivity (Wildman–Crippen MR) is 148 cm³/mol. The smallest absolute Gasteiger partial charge is 0.251 e. The van der Waals surface area contributed by atoms with Crippen LogP contribution in [0.5, 0.6) is 5.75 Å². The van der Waals surface area contributed by atoms with Crippen molar-refractivity contribution < 1.29 is 9.84 Å². The molecule has 1 aliphatic carbocycles. The Labute approximate surface area is 224 Å². The monoisotopic (exact) mass is 523 g/mol. The fraction of sp³-hybridized carbons (Fsp3) is 0.226. The van der Waals surface area contributed by atoms with Gasteiger partial charge in [-0.05, 0) is 64.9 Å². The van der Waals surface area contributed by atoms with Gasteiger partial charge in [0.1, 0.15) is 5.75 Å². The summed E-state index contributed by atoms with van der Waals surface area (Å²) in [6, 6.07) is 21.5. The summed E-state index contributed by atoms with van der Waals surface area (Å²) in [5, 5.41) is 14.0. The summed E-state index contributed by atoms with van der Waals surface area (Å²) in [6.07, 6.45) is 6.02. The van der Waals surface area contributed by atoms with E-state index in [-0.39, 0.29) is 11.6 Å². The van der Waals surface area contributed by atoms with Gasteiger partial charge in [0.05, 0.1) is 35.4 Å². The molecule has 1 fully saturated rings. The number of rotatable bonds is 2. The lowest BCUT2D eigenvalue weighted by molar-refractivity contribution is 0.117. The Morgan fingerprint density at radius 3 is 2.66 bits per heavy atom. The lowest BCUT2D eigenvalue weighted by Gasteiger charge is -2.31. The van der Waals surface area contributed by atoms with Crippen LogP contribution in [0.1, 0.15) is 41.3 Å². The average molecular weight is 524 g/mol. The van der Waals surface area contributed by atoms with Gasteiger partial charge in [0, 0.05) is 31.0 Å². The summed E-state index contributed by atoms with van der Waals surface area (Å²) in [4.78, 5) is 17.7. The van der Waals surface area contributed by atoms with Gasteiger partial charge in [-0.3, -0.25) is 4.79 Å². The van der Waals surface area contributed by atoms with Crippen molar-refractivity contribution >= 4 is 22.5 Å². The summed E-state index contributed by atoms with van der Waals surface area (Å²) < 4.78 is 9.85. The molecule has 1 atom stereocenters. The maximum absolute atomic E-state index is 13.4. The molecule has 0 unspecified atom stereocenters. The first kappa shape index (κ1) is 23.3. The van der Waals surface area contributed by atoms with Crippen LogP contribution >= 0.6 is 11.6 Å². The highest BCUT2D eigenvalue weighted by atomic mass is 35.5. The normalized spacial score (nSPS) is 18.8. The van der Waals surface area contributed by atoms with Crippen LogP contribution in [0, 0.1) is 0 Å². The lowest BCUT2D eigenvalue weighted by Crippen LogP contribution is -2.31. The Kier molecular flexibility index (Phi) is 5.25. The van der Waals surface area contributed by atoms with Gasteiger partial charge in [-0.1, -0.05) is 48.0 Å². The van der Waals surface area contributed by atoms with E-state index in [0.29, 0.717) is 40.6 Å². The Hall–Kier alpha value is -3.87. The van der Waals surface area contributed by atoms with E-state index in [1.165, 1.54) is 0 Å². The highest BCUT2D eigenvalue weighted by Gasteiger charge is 2.38. The predicted octanol–water partition coefficient (Wildman–Crippen LogP) is 5.61. The Bertz CT molecular complexity index is 1790. The van der Waals surface area contributed by atoms with Gasteiger partial charge in [0.2, 0.25) is 0 Å². The highest BCUT2D eigenvalue weighted by Crippen LogP contribution is 2.43. The second-order valence-electron chi connectivity index (χ2n) is 10.3. The molecule has 0 spiro atoms. The maximum atomic E-state index is 13.4. The van der Waals surface area contributed by atoms with E-state index in [9.17, 15) is 9.90 Å². The van der Waals surface area contributed by atoms with Crippen LogP contribution in [0.2, 0.25) is 5.02 Å². The molecule has 3 aromatic carbocycles. The van der Waals surface area contributed by atoms with E-state index in [4.69, 9.17) is 16.3 Å². The first-order valence-corrected chi connectivity index (χ1v) is 13.2. The van der Waals surface area contributed by atoms with Crippen LogP contribution in [0.25, 0.3) is 22.0 Å². The number of fused-ring (bicyclic) bond motifs is 6. The summed E-state index contributed by atoms with van der Waals surface area (Å²) >= 11 is 6.53. The number of aromatic nitrogens is 3. The number of pyridine rings is 1. The number of hydrogen-bond donors (Lipinski definition) is 1. The molecule has 38 heavy (non-hydrogen) atoms. The first-order valence-electron chi connectivity index (χ1n) is 12.8. The molecule has 2 aliphatic rings. The molecule has 6 nitrogen and oxygen atoms in total. The van der Waals surface area contributed by atoms with Crippen molar-refractivity contribution in [3.8, 4) is 16.9 Å². The minimum absolute atomic E-state index is 0.00171. The molecule has 1 N–H and O–H groups in total. The van der Waals surface area contributed by atoms with Crippen LogP contribution in [0.15, 0.2) is 84.0 Å². The van der Waals surface area contributed by atoms with Crippen molar-refractivity contribution in [1.82, 2.24) is 14.1 Å². The van der Waals surface area contributed by atoms with E-state index in [1.54, 1.807) is 24.7 Å². The standard InChI is InChI=1S/C31H26ClN3O3/c1-34-18-33-17-29(34)31(37)21-6-10-27-25(14-21)24(16-30(36)35(27)23-7-8-23)20-4-2-3-19(13-20)11-12-38-28-15-22(31)5-9-26(28)32/h2-6,9-10,13-18,23,37H,7-8,11-12H2,1H3/t31-/m1/s1. The molecule has 7 heteroatoms. The third-order valence-electron chi connectivity index (χ3n) is 7.80. The minimum Gasteiger partial charge on any atom is -0.492 e. The fourth-order valence-electron chi connectivity index (χ4n) is 5.71. The van der Waals surface area contributed by atoms with Crippen LogP contribution in [0.4, 0.5) is 0 Å². The van der Waals surface area contributed by atoms with Gasteiger partial charge in [0.25, 0.3) is 5.56 Å². The van der Waals surface area contributed by atoms with Gasteiger partial charge in [0.15, 0.2) is 5.60 Å². The fourth-order valence-corrected chi connectivity index (χ4v) is 5.88. The van der Waals surface area contributed by atoms with E-state index in [0.717, 1.165) is 40.4 Å². The van der Waals surface area contributed by atoms with Crippen molar-refractivity contribution in [2.75, 3.05) is 6.61 Å². The topological polar surface area (TPSA) is 69.3 Å². The minimum atomic E-state index is -1.55. The zero-order valence-corrected chi connectivity index (χ0v) is 21.7. The van der Waals surface area contributed by atoms with Gasteiger partial charge in [-0.2, -0.15) is 0 Å². The highest BCUT2D eigenvalue weighted by molar-refractivity contribution is 6.32. The van der Waals surface area contributed by atoms with Crippen molar-refractivity contribution in [2.45, 2.75) is 30.9 Å². The largest absolute Gasteiger partial charge is 0.492 e. The number of hydrogen-bond acceptors (Lipinski definition) is 4. The van der Waals surface area contributed by atoms with Crippen molar-refractivity contribution in [3.05, 3.63) is 117 Å². The zero-order chi connectivity index (χ0) is 26.0. The second kappa shape index (κ2) is 8.58. The van der Waals surface area contributed by atoms with Crippen LogP contribution in [0.3, 0.4) is 0 Å². The maximum Gasteiger partial charge on any atom is 0.251 e. The SMILES string of the molecule is Cn1cncc1[C@]1(O)c2ccc(Cl)c(c2)OCCc2cccc(c2)-c2cc(=O)n(C3CC3)c3ccc1cc23. The average Bonchev–Trinajstić information content (AvgIpc) is 3.66. The van der Waals surface area contributed by atoms with Crippen LogP contribution in [-0.4, -0.2) is 25.8 Å². The number of halogens is 1. The molecule has 0 radical (unpaired) electrons. The summed E-state index contributed by atoms with van der Waals surface area (Å²) in [7, 11) is 1.86. The first-order chi connectivity index (χ1) is 18.4. The molecule has 1 saturated carbocycles. The lowest BCUT2D eigenvalue weighted by atomic mass is 9.82. The summed E-state index contributed by atoms with van der Waals surface area (Å²) in [6.45, 7) is 0.417. The van der Waals surface area contributed by atoms with Gasteiger partial charge < -0.3 is 19.0 Å². The van der Waals surface area contributed by atoms with Gasteiger partial charge >= 0.3 is 0 Å². The Balaban J connectivity index is 1.60. The number of nitrogens with zero attached hydrogens (tertiary/aromatic N) is 3. The number of aryl methyl sites for hydroxylation is 1. The summed E-state index contributed by atoms with van der Waals surface area (Å²) in [5.41, 5.74) is 4.14. The van der Waals surface area contributed by atoms with E-state index in [2.05, 4.69) is 17.1 Å². The molecule has 0 saturated heterocycles. The molecule has 190 valence electrons. The number of ether oxygens (including phenoxy) is 1. The van der Waals surface area contributed by atoms with Crippen LogP contribution < -0.4 is 10.3 Å². The van der Waals surface area contributed by atoms with Crippen LogP contribution in [-0.2, 0) is 19.1 Å². The van der Waals surface area contributed by atoms with Gasteiger partial charge in [-0.25, -0.2) is 4.98 Å². The third-order valence-corrected chi connectivity index (χ3v) is 8.12. The summed E-state index contributed by atoms with van der Waals surface area (Å²) in [5.74, 6) is 0.516. The Morgan fingerprint density at radius 1 is 1.05 bits per heavy atom. The third kappa shape index (κ3) is 3.59.